The van der Waals surface area contributed by atoms with Gasteiger partial charge in [0.25, 0.3) is 0 Å². The number of anilines is 1. The third-order valence-corrected chi connectivity index (χ3v) is 2.98. The number of carboxylic acid groups (broad SMARTS) is 1. The highest BCUT2D eigenvalue weighted by molar-refractivity contribution is 6.31. The van der Waals surface area contributed by atoms with Crippen LogP contribution in [0, 0.1) is 0 Å². The summed E-state index contributed by atoms with van der Waals surface area (Å²) in [6, 6.07) is 11.8. The van der Waals surface area contributed by atoms with Gasteiger partial charge in [-0.1, -0.05) is 29.8 Å². The van der Waals surface area contributed by atoms with Crippen LogP contribution in [-0.2, 0) is 6.61 Å². The van der Waals surface area contributed by atoms with Crippen LogP contribution in [0.4, 0.5) is 5.69 Å². The summed E-state index contributed by atoms with van der Waals surface area (Å²) in [6.45, 7) is 0.267. The van der Waals surface area contributed by atoms with Crippen molar-refractivity contribution in [1.82, 2.24) is 0 Å². The number of nitrogen functional groups attached to an aromatic ring is 1. The van der Waals surface area contributed by atoms with E-state index in [0.717, 1.165) is 5.56 Å². The fourth-order valence-corrected chi connectivity index (χ4v) is 1.78. The highest BCUT2D eigenvalue weighted by atomic mass is 35.5. The highest BCUT2D eigenvalue weighted by Gasteiger charge is 2.09. The van der Waals surface area contributed by atoms with Crippen LogP contribution in [-0.4, -0.2) is 11.1 Å². The first-order valence-electron chi connectivity index (χ1n) is 5.57. The molecule has 4 nitrogen and oxygen atoms in total. The van der Waals surface area contributed by atoms with E-state index in [4.69, 9.17) is 27.2 Å². The topological polar surface area (TPSA) is 72.5 Å². The fourth-order valence-electron chi connectivity index (χ4n) is 1.59. The second kappa shape index (κ2) is 5.63. The Balaban J connectivity index is 2.14. The molecule has 19 heavy (non-hydrogen) atoms. The van der Waals surface area contributed by atoms with Crippen LogP contribution in [0.25, 0.3) is 0 Å². The van der Waals surface area contributed by atoms with E-state index in [1.165, 1.54) is 12.1 Å². The molecular formula is C14H12ClNO3. The molecule has 3 N–H and O–H groups in total. The maximum Gasteiger partial charge on any atom is 0.337 e. The van der Waals surface area contributed by atoms with E-state index in [1.807, 2.05) is 18.2 Å². The van der Waals surface area contributed by atoms with E-state index in [-0.39, 0.29) is 17.9 Å². The lowest BCUT2D eigenvalue weighted by atomic mass is 10.1. The van der Waals surface area contributed by atoms with Crippen LogP contribution in [0.15, 0.2) is 42.5 Å². The molecule has 0 aliphatic carbocycles. The standard InChI is InChI=1S/C14H12ClNO3/c15-12-4-2-1-3-9(12)8-19-10-5-6-13(16)11(7-10)14(17)18/h1-7H,8,16H2,(H,17,18). The second-order valence-corrected chi connectivity index (χ2v) is 4.34. The molecule has 0 aliphatic heterocycles. The van der Waals surface area contributed by atoms with Crippen molar-refractivity contribution in [3.8, 4) is 5.75 Å². The van der Waals surface area contributed by atoms with E-state index in [1.54, 1.807) is 12.1 Å². The summed E-state index contributed by atoms with van der Waals surface area (Å²) in [5, 5.41) is 9.57. The van der Waals surface area contributed by atoms with Crippen LogP contribution in [0.1, 0.15) is 15.9 Å². The first-order valence-corrected chi connectivity index (χ1v) is 5.95. The third-order valence-electron chi connectivity index (χ3n) is 2.61. The van der Waals surface area contributed by atoms with Gasteiger partial charge in [-0.05, 0) is 24.3 Å². The van der Waals surface area contributed by atoms with Crippen LogP contribution in [0.2, 0.25) is 5.02 Å². The van der Waals surface area contributed by atoms with Gasteiger partial charge in [0.2, 0.25) is 0 Å². The minimum Gasteiger partial charge on any atom is -0.489 e. The zero-order valence-electron chi connectivity index (χ0n) is 9.97. The van der Waals surface area contributed by atoms with Crippen LogP contribution in [0.3, 0.4) is 0 Å². The largest absolute Gasteiger partial charge is 0.489 e. The molecule has 0 atom stereocenters. The smallest absolute Gasteiger partial charge is 0.337 e. The number of rotatable bonds is 4. The Kier molecular flexibility index (Phi) is 3.92. The Morgan fingerprint density at radius 3 is 2.68 bits per heavy atom. The molecule has 0 bridgehead atoms. The molecular weight excluding hydrogens is 266 g/mol. The van der Waals surface area contributed by atoms with E-state index in [9.17, 15) is 4.79 Å². The normalized spacial score (nSPS) is 10.2. The van der Waals surface area contributed by atoms with E-state index >= 15 is 0 Å². The van der Waals surface area contributed by atoms with Crippen molar-refractivity contribution in [2.45, 2.75) is 6.61 Å². The van der Waals surface area contributed by atoms with Crippen LogP contribution in [0.5, 0.6) is 5.75 Å². The third kappa shape index (κ3) is 3.17. The first kappa shape index (κ1) is 13.2. The van der Waals surface area contributed by atoms with Crippen molar-refractivity contribution in [1.29, 1.82) is 0 Å². The molecule has 0 radical (unpaired) electrons. The Labute approximate surface area is 115 Å². The molecule has 2 aromatic rings. The summed E-state index contributed by atoms with van der Waals surface area (Å²) in [7, 11) is 0. The molecule has 2 rings (SSSR count). The lowest BCUT2D eigenvalue weighted by Gasteiger charge is -2.09. The summed E-state index contributed by atoms with van der Waals surface area (Å²) in [5.74, 6) is -0.646. The van der Waals surface area contributed by atoms with Gasteiger partial charge >= 0.3 is 5.97 Å². The quantitative estimate of drug-likeness (QED) is 0.842. The minimum absolute atomic E-state index is 0.0247. The molecule has 0 unspecified atom stereocenters. The molecule has 0 saturated carbocycles. The first-order chi connectivity index (χ1) is 9.08. The lowest BCUT2D eigenvalue weighted by Crippen LogP contribution is -2.03. The van der Waals surface area contributed by atoms with Gasteiger partial charge in [-0.3, -0.25) is 0 Å². The predicted octanol–water partition coefficient (Wildman–Crippen LogP) is 3.20. The van der Waals surface area contributed by atoms with Gasteiger partial charge in [0, 0.05) is 16.3 Å². The minimum atomic E-state index is -1.08. The van der Waals surface area contributed by atoms with Gasteiger partial charge in [0.15, 0.2) is 0 Å². The zero-order valence-corrected chi connectivity index (χ0v) is 10.7. The number of hydrogen-bond acceptors (Lipinski definition) is 3. The van der Waals surface area contributed by atoms with Gasteiger partial charge in [-0.25, -0.2) is 4.79 Å². The van der Waals surface area contributed by atoms with Gasteiger partial charge < -0.3 is 15.6 Å². The SMILES string of the molecule is Nc1ccc(OCc2ccccc2Cl)cc1C(=O)O. The highest BCUT2D eigenvalue weighted by Crippen LogP contribution is 2.22. The molecule has 5 heteroatoms. The second-order valence-electron chi connectivity index (χ2n) is 3.93. The number of aromatic carboxylic acids is 1. The maximum atomic E-state index is 10.9. The zero-order chi connectivity index (χ0) is 13.8. The molecule has 0 saturated heterocycles. The predicted molar refractivity (Wildman–Crippen MR) is 73.6 cm³/mol. The van der Waals surface area contributed by atoms with Crippen molar-refractivity contribution in [2.24, 2.45) is 0 Å². The summed E-state index contributed by atoms with van der Waals surface area (Å²) < 4.78 is 5.52. The summed E-state index contributed by atoms with van der Waals surface area (Å²) >= 11 is 6.00. The Hall–Kier alpha value is -2.20. The number of nitrogens with two attached hydrogens (primary N) is 1. The van der Waals surface area contributed by atoms with E-state index in [0.29, 0.717) is 10.8 Å². The van der Waals surface area contributed by atoms with Crippen molar-refractivity contribution < 1.29 is 14.6 Å². The maximum absolute atomic E-state index is 10.9. The average molecular weight is 278 g/mol. The molecule has 0 fully saturated rings. The summed E-state index contributed by atoms with van der Waals surface area (Å²) in [6.07, 6.45) is 0. The fraction of sp³-hybridized carbons (Fsp3) is 0.0714. The number of halogens is 1. The molecule has 0 aromatic heterocycles. The van der Waals surface area contributed by atoms with E-state index < -0.39 is 5.97 Å². The van der Waals surface area contributed by atoms with Crippen LogP contribution >= 0.6 is 11.6 Å². The van der Waals surface area contributed by atoms with Gasteiger partial charge in [0.05, 0.1) is 5.56 Å². The van der Waals surface area contributed by atoms with Crippen LogP contribution < -0.4 is 10.5 Å². The van der Waals surface area contributed by atoms with Gasteiger partial charge in [-0.15, -0.1) is 0 Å². The Morgan fingerprint density at radius 1 is 1.26 bits per heavy atom. The molecule has 0 amide bonds. The van der Waals surface area contributed by atoms with Crippen molar-refractivity contribution in [3.63, 3.8) is 0 Å². The molecule has 0 spiro atoms. The van der Waals surface area contributed by atoms with Crippen molar-refractivity contribution in [3.05, 3.63) is 58.6 Å². The van der Waals surface area contributed by atoms with E-state index in [2.05, 4.69) is 0 Å². The van der Waals surface area contributed by atoms with Crippen molar-refractivity contribution in [2.75, 3.05) is 5.73 Å². The molecule has 0 heterocycles. The van der Waals surface area contributed by atoms with Gasteiger partial charge in [0.1, 0.15) is 12.4 Å². The number of benzene rings is 2. The number of hydrogen-bond donors (Lipinski definition) is 2. The Morgan fingerprint density at radius 2 is 2.00 bits per heavy atom. The molecule has 0 aliphatic rings. The number of ether oxygens (including phenoxy) is 1. The Bertz CT molecular complexity index is 613. The number of carbonyl (C=O) groups is 1. The summed E-state index contributed by atoms with van der Waals surface area (Å²) in [4.78, 5) is 10.9. The average Bonchev–Trinajstić information content (AvgIpc) is 2.39. The molecule has 2 aromatic carbocycles. The molecule has 98 valence electrons. The van der Waals surface area contributed by atoms with Crippen molar-refractivity contribution >= 4 is 23.3 Å². The number of carboxylic acids is 1. The monoisotopic (exact) mass is 277 g/mol. The lowest BCUT2D eigenvalue weighted by molar-refractivity contribution is 0.0697. The van der Waals surface area contributed by atoms with Gasteiger partial charge in [-0.2, -0.15) is 0 Å². The summed E-state index contributed by atoms with van der Waals surface area (Å²) in [5.41, 5.74) is 6.63.